The van der Waals surface area contributed by atoms with Gasteiger partial charge in [-0.2, -0.15) is 0 Å². The third-order valence-corrected chi connectivity index (χ3v) is 3.01. The van der Waals surface area contributed by atoms with Gasteiger partial charge in [-0.1, -0.05) is 25.1 Å². The van der Waals surface area contributed by atoms with Gasteiger partial charge in [0.1, 0.15) is 0 Å². The molecule has 0 aliphatic carbocycles. The Labute approximate surface area is 89.9 Å². The summed E-state index contributed by atoms with van der Waals surface area (Å²) in [6.07, 6.45) is 0.646. The number of likely N-dealkylation sites (N-methyl/N-ethyl adjacent to an activating group) is 1. The predicted molar refractivity (Wildman–Crippen MR) is 60.5 cm³/mol. The quantitative estimate of drug-likeness (QED) is 0.744. The zero-order valence-electron chi connectivity index (χ0n) is 8.94. The number of nitrogens with zero attached hydrogens (tertiary/aromatic N) is 1. The molecule has 1 aromatic carbocycles. The van der Waals surface area contributed by atoms with Gasteiger partial charge in [-0.15, -0.1) is 0 Å². The molecule has 3 heteroatoms. The van der Waals surface area contributed by atoms with Gasteiger partial charge in [0.2, 0.25) is 0 Å². The molecule has 0 spiro atoms. The molecule has 0 radical (unpaired) electrons. The van der Waals surface area contributed by atoms with Crippen LogP contribution >= 0.6 is 0 Å². The minimum absolute atomic E-state index is 0.115. The molecule has 0 bridgehead atoms. The van der Waals surface area contributed by atoms with Crippen LogP contribution in [0.3, 0.4) is 0 Å². The van der Waals surface area contributed by atoms with Gasteiger partial charge in [0, 0.05) is 18.7 Å². The van der Waals surface area contributed by atoms with Crippen LogP contribution in [0.15, 0.2) is 24.3 Å². The van der Waals surface area contributed by atoms with Crippen LogP contribution in [0.2, 0.25) is 0 Å². The second-order valence-electron chi connectivity index (χ2n) is 3.88. The monoisotopic (exact) mass is 204 g/mol. The molecule has 0 saturated carbocycles. The van der Waals surface area contributed by atoms with E-state index in [2.05, 4.69) is 11.8 Å². The van der Waals surface area contributed by atoms with Gasteiger partial charge in [0.25, 0.3) is 0 Å². The Bertz CT molecular complexity index is 376. The molecule has 0 amide bonds. The zero-order valence-corrected chi connectivity index (χ0v) is 8.94. The van der Waals surface area contributed by atoms with Gasteiger partial charge >= 0.3 is 0 Å². The highest BCUT2D eigenvalue weighted by Gasteiger charge is 2.33. The number of carbonyl (C=O) groups excluding carboxylic acids is 1. The number of nitrogens with two attached hydrogens (primary N) is 1. The number of anilines is 1. The van der Waals surface area contributed by atoms with Crippen LogP contribution in [-0.4, -0.2) is 23.8 Å². The summed E-state index contributed by atoms with van der Waals surface area (Å²) in [4.78, 5) is 14.0. The van der Waals surface area contributed by atoms with E-state index in [0.29, 0.717) is 6.42 Å². The van der Waals surface area contributed by atoms with E-state index in [1.807, 2.05) is 24.3 Å². The third-order valence-electron chi connectivity index (χ3n) is 3.01. The fourth-order valence-corrected chi connectivity index (χ4v) is 2.19. The lowest BCUT2D eigenvalue weighted by Crippen LogP contribution is -2.26. The van der Waals surface area contributed by atoms with E-state index in [9.17, 15) is 4.79 Å². The molecule has 1 heterocycles. The molecule has 1 unspecified atom stereocenters. The number of nitrogen functional groups attached to an aromatic ring is 1. The number of likely N-dealkylation sites (tertiary alicyclic amines) is 1. The van der Waals surface area contributed by atoms with Crippen molar-refractivity contribution in [1.82, 2.24) is 4.90 Å². The van der Waals surface area contributed by atoms with Gasteiger partial charge in [-0.25, -0.2) is 0 Å². The molecule has 1 aliphatic rings. The highest BCUT2D eigenvalue weighted by atomic mass is 16.1. The first-order valence-electron chi connectivity index (χ1n) is 5.35. The smallest absolute Gasteiger partial charge is 0.155 e. The van der Waals surface area contributed by atoms with Crippen molar-refractivity contribution in [2.75, 3.05) is 18.8 Å². The predicted octanol–water partition coefficient (Wildman–Crippen LogP) is 1.60. The fraction of sp³-hybridized carbons (Fsp3) is 0.417. The van der Waals surface area contributed by atoms with Crippen molar-refractivity contribution in [3.63, 3.8) is 0 Å². The molecule has 80 valence electrons. The molecule has 0 aromatic heterocycles. The Hall–Kier alpha value is -1.35. The average molecular weight is 204 g/mol. The number of rotatable bonds is 2. The third kappa shape index (κ3) is 1.75. The Balaban J connectivity index is 2.36. The minimum atomic E-state index is -0.115. The largest absolute Gasteiger partial charge is 0.398 e. The molecular weight excluding hydrogens is 188 g/mol. The highest BCUT2D eigenvalue weighted by Crippen LogP contribution is 2.31. The van der Waals surface area contributed by atoms with E-state index in [4.69, 9.17) is 5.73 Å². The van der Waals surface area contributed by atoms with Gasteiger partial charge in [-0.3, -0.25) is 9.69 Å². The molecular formula is C12H16N2O. The number of Topliss-reactive ketones (excluding diaryl/α,β-unsaturated/α-hetero) is 1. The number of benzene rings is 1. The molecule has 15 heavy (non-hydrogen) atoms. The first-order chi connectivity index (χ1) is 7.24. The Morgan fingerprint density at radius 1 is 1.47 bits per heavy atom. The van der Waals surface area contributed by atoms with Crippen molar-refractivity contribution in [2.45, 2.75) is 19.4 Å². The Morgan fingerprint density at radius 2 is 2.20 bits per heavy atom. The van der Waals surface area contributed by atoms with E-state index in [0.717, 1.165) is 24.3 Å². The van der Waals surface area contributed by atoms with Crippen LogP contribution in [0, 0.1) is 0 Å². The zero-order chi connectivity index (χ0) is 10.8. The lowest BCUT2D eigenvalue weighted by Gasteiger charge is -2.22. The number of carbonyl (C=O) groups is 1. The molecule has 2 rings (SSSR count). The van der Waals surface area contributed by atoms with Crippen LogP contribution in [0.1, 0.15) is 24.9 Å². The summed E-state index contributed by atoms with van der Waals surface area (Å²) < 4.78 is 0. The second-order valence-corrected chi connectivity index (χ2v) is 3.88. The van der Waals surface area contributed by atoms with Crippen molar-refractivity contribution in [1.29, 1.82) is 0 Å². The molecule has 2 N–H and O–H groups in total. The SMILES string of the molecule is CCN1CCC(=O)C1c1ccccc1N. The second kappa shape index (κ2) is 4.03. The number of hydrogen-bond acceptors (Lipinski definition) is 3. The number of para-hydroxylation sites is 1. The lowest BCUT2D eigenvalue weighted by molar-refractivity contribution is -0.120. The summed E-state index contributed by atoms with van der Waals surface area (Å²) >= 11 is 0. The van der Waals surface area contributed by atoms with Crippen molar-refractivity contribution in [3.8, 4) is 0 Å². The molecule has 1 saturated heterocycles. The normalized spacial score (nSPS) is 22.2. The van der Waals surface area contributed by atoms with Crippen LogP contribution in [0.25, 0.3) is 0 Å². The Morgan fingerprint density at radius 3 is 2.87 bits per heavy atom. The minimum Gasteiger partial charge on any atom is -0.398 e. The number of ketones is 1. The maximum Gasteiger partial charge on any atom is 0.155 e. The fourth-order valence-electron chi connectivity index (χ4n) is 2.19. The van der Waals surface area contributed by atoms with E-state index in [1.165, 1.54) is 0 Å². The highest BCUT2D eigenvalue weighted by molar-refractivity contribution is 5.88. The Kier molecular flexibility index (Phi) is 2.73. The molecule has 1 aliphatic heterocycles. The van der Waals surface area contributed by atoms with Gasteiger partial charge in [0.15, 0.2) is 5.78 Å². The summed E-state index contributed by atoms with van der Waals surface area (Å²) in [5.74, 6) is 0.287. The number of hydrogen-bond donors (Lipinski definition) is 1. The maximum absolute atomic E-state index is 11.8. The van der Waals surface area contributed by atoms with Crippen LogP contribution < -0.4 is 5.73 Å². The summed E-state index contributed by atoms with van der Waals surface area (Å²) in [6.45, 7) is 3.82. The van der Waals surface area contributed by atoms with Gasteiger partial charge < -0.3 is 5.73 Å². The van der Waals surface area contributed by atoms with Crippen molar-refractivity contribution >= 4 is 11.5 Å². The van der Waals surface area contributed by atoms with Gasteiger partial charge in [0.05, 0.1) is 6.04 Å². The van der Waals surface area contributed by atoms with Crippen LogP contribution in [0.4, 0.5) is 5.69 Å². The average Bonchev–Trinajstić information content (AvgIpc) is 2.60. The van der Waals surface area contributed by atoms with Crippen LogP contribution in [-0.2, 0) is 4.79 Å². The standard InChI is InChI=1S/C12H16N2O/c1-2-14-8-7-11(15)12(14)9-5-3-4-6-10(9)13/h3-6,12H,2,7-8,13H2,1H3. The van der Waals surface area contributed by atoms with Crippen molar-refractivity contribution in [3.05, 3.63) is 29.8 Å². The van der Waals surface area contributed by atoms with E-state index in [-0.39, 0.29) is 11.8 Å². The van der Waals surface area contributed by atoms with E-state index >= 15 is 0 Å². The lowest BCUT2D eigenvalue weighted by atomic mass is 10.0. The van der Waals surface area contributed by atoms with Crippen molar-refractivity contribution < 1.29 is 4.79 Å². The topological polar surface area (TPSA) is 46.3 Å². The summed E-state index contributed by atoms with van der Waals surface area (Å²) in [5, 5.41) is 0. The van der Waals surface area contributed by atoms with E-state index < -0.39 is 0 Å². The van der Waals surface area contributed by atoms with Gasteiger partial charge in [-0.05, 0) is 18.2 Å². The summed E-state index contributed by atoms with van der Waals surface area (Å²) in [5.41, 5.74) is 7.58. The molecule has 1 fully saturated rings. The first kappa shape index (κ1) is 10.2. The summed E-state index contributed by atoms with van der Waals surface area (Å²) in [7, 11) is 0. The molecule has 3 nitrogen and oxygen atoms in total. The molecule has 1 aromatic rings. The van der Waals surface area contributed by atoms with Crippen LogP contribution in [0.5, 0.6) is 0 Å². The first-order valence-corrected chi connectivity index (χ1v) is 5.35. The molecule has 1 atom stereocenters. The van der Waals surface area contributed by atoms with Crippen molar-refractivity contribution in [2.24, 2.45) is 0 Å². The maximum atomic E-state index is 11.8. The summed E-state index contributed by atoms with van der Waals surface area (Å²) in [6, 6.07) is 7.52. The van der Waals surface area contributed by atoms with E-state index in [1.54, 1.807) is 0 Å².